The van der Waals surface area contributed by atoms with Crippen molar-refractivity contribution in [1.82, 2.24) is 10.2 Å². The molecular weight excluding hydrogens is 337 g/mol. The number of likely N-dealkylation sites (N-methyl/N-ethyl adjacent to an activating group) is 1. The third-order valence-electron chi connectivity index (χ3n) is 4.84. The van der Waals surface area contributed by atoms with Crippen molar-refractivity contribution < 1.29 is 14.3 Å². The average molecular weight is 355 g/mol. The van der Waals surface area contributed by atoms with Crippen LogP contribution in [-0.2, 0) is 10.3 Å². The van der Waals surface area contributed by atoms with Crippen LogP contribution in [0.25, 0.3) is 0 Å². The molecule has 0 unspecified atom stereocenters. The molecule has 4 rings (SSSR count). The summed E-state index contributed by atoms with van der Waals surface area (Å²) in [7, 11) is 3.65. The molecule has 3 heterocycles. The van der Waals surface area contributed by atoms with E-state index in [1.165, 1.54) is 4.90 Å². The van der Waals surface area contributed by atoms with Crippen molar-refractivity contribution in [2.45, 2.75) is 18.4 Å². The van der Waals surface area contributed by atoms with Crippen LogP contribution in [0.15, 0.2) is 29.6 Å². The molecule has 1 aromatic heterocycles. The second kappa shape index (κ2) is 5.52. The molecule has 2 N–H and O–H groups in total. The molecule has 2 aromatic rings. The van der Waals surface area contributed by atoms with Crippen LogP contribution in [0.2, 0.25) is 0 Å². The largest absolute Gasteiger partial charge is 0.454 e. The second-order valence-electron chi connectivity index (χ2n) is 6.61. The smallest absolute Gasteiger partial charge is 0.239 e. The summed E-state index contributed by atoms with van der Waals surface area (Å²) >= 11 is 1.60. The van der Waals surface area contributed by atoms with Crippen molar-refractivity contribution in [1.29, 1.82) is 5.41 Å². The quantitative estimate of drug-likeness (QED) is 0.779. The van der Waals surface area contributed by atoms with Gasteiger partial charge in [0.25, 0.3) is 0 Å². The van der Waals surface area contributed by atoms with E-state index in [0.717, 1.165) is 15.9 Å². The number of nitrogens with one attached hydrogen (secondary N) is 2. The van der Waals surface area contributed by atoms with E-state index in [4.69, 9.17) is 14.9 Å². The molecule has 0 bridgehead atoms. The summed E-state index contributed by atoms with van der Waals surface area (Å²) in [4.78, 5) is 15.5. The van der Waals surface area contributed by atoms with Crippen LogP contribution >= 0.6 is 11.3 Å². The van der Waals surface area contributed by atoms with Gasteiger partial charge in [-0.05, 0) is 30.0 Å². The van der Waals surface area contributed by atoms with Crippen molar-refractivity contribution in [3.63, 3.8) is 0 Å². The lowest BCUT2D eigenvalue weighted by Crippen LogP contribution is -2.62. The van der Waals surface area contributed by atoms with Gasteiger partial charge in [0.1, 0.15) is 7.85 Å². The van der Waals surface area contributed by atoms with Crippen molar-refractivity contribution in [2.75, 3.05) is 13.8 Å². The number of amides is 1. The normalized spacial score (nSPS) is 25.2. The molecule has 0 aliphatic carbocycles. The van der Waals surface area contributed by atoms with Crippen LogP contribution < -0.4 is 20.3 Å². The summed E-state index contributed by atoms with van der Waals surface area (Å²) in [5.41, 5.74) is 1.29. The first-order valence-electron chi connectivity index (χ1n) is 7.99. The van der Waals surface area contributed by atoms with Crippen LogP contribution in [0.1, 0.15) is 23.3 Å². The Balaban J connectivity index is 1.85. The van der Waals surface area contributed by atoms with Crippen molar-refractivity contribution >= 4 is 36.5 Å². The van der Waals surface area contributed by atoms with E-state index >= 15 is 0 Å². The number of hydrogen-bond donors (Lipinski definition) is 2. The molecule has 2 atom stereocenters. The summed E-state index contributed by atoms with van der Waals surface area (Å²) in [5, 5.41) is 13.5. The maximum absolute atomic E-state index is 13.1. The second-order valence-corrected chi connectivity index (χ2v) is 7.52. The predicted octanol–water partition coefficient (Wildman–Crippen LogP) is 0.731. The number of thiophene rings is 1. The minimum atomic E-state index is -0.701. The average Bonchev–Trinajstić information content (AvgIpc) is 3.21. The standard InChI is InChI=1S/C17H18BN3O3S/c1-17(13-6-10(18)7-25-13)14(15(22)21(2)16(19)20-17)9-3-4-11-12(5-9)24-8-23-11/h3-7,14H,8,18H2,1-2H3,(H2,19,20)/t14-,17+/m0/s1. The molecule has 1 amide bonds. The van der Waals surface area contributed by atoms with E-state index in [1.54, 1.807) is 18.4 Å². The van der Waals surface area contributed by atoms with Crippen LogP contribution in [0, 0.1) is 5.41 Å². The Labute approximate surface area is 150 Å². The number of hydrogen-bond acceptors (Lipinski definition) is 5. The van der Waals surface area contributed by atoms with E-state index in [9.17, 15) is 4.79 Å². The fraction of sp³-hybridized carbons (Fsp3) is 0.294. The molecule has 128 valence electrons. The summed E-state index contributed by atoms with van der Waals surface area (Å²) in [6.45, 7) is 2.18. The summed E-state index contributed by atoms with van der Waals surface area (Å²) in [6.07, 6.45) is 0. The molecule has 1 fully saturated rings. The molecule has 1 saturated heterocycles. The van der Waals surface area contributed by atoms with Gasteiger partial charge in [-0.2, -0.15) is 0 Å². The van der Waals surface area contributed by atoms with Crippen LogP contribution in [0.3, 0.4) is 0 Å². The highest BCUT2D eigenvalue weighted by molar-refractivity contribution is 7.11. The maximum Gasteiger partial charge on any atom is 0.239 e. The van der Waals surface area contributed by atoms with Crippen molar-refractivity contribution in [3.8, 4) is 11.5 Å². The summed E-state index contributed by atoms with van der Waals surface area (Å²) in [6, 6.07) is 7.68. The third kappa shape index (κ3) is 2.40. The Morgan fingerprint density at radius 2 is 2.12 bits per heavy atom. The number of ether oxygens (including phenoxy) is 2. The van der Waals surface area contributed by atoms with E-state index < -0.39 is 11.5 Å². The minimum Gasteiger partial charge on any atom is -0.454 e. The highest BCUT2D eigenvalue weighted by Crippen LogP contribution is 2.44. The van der Waals surface area contributed by atoms with Gasteiger partial charge in [-0.3, -0.25) is 15.1 Å². The fourth-order valence-electron chi connectivity index (χ4n) is 3.43. The monoisotopic (exact) mass is 355 g/mol. The number of carbonyl (C=O) groups is 1. The van der Waals surface area contributed by atoms with Gasteiger partial charge in [-0.15, -0.1) is 11.3 Å². The predicted molar refractivity (Wildman–Crippen MR) is 98.8 cm³/mol. The van der Waals surface area contributed by atoms with Gasteiger partial charge in [0, 0.05) is 11.9 Å². The van der Waals surface area contributed by atoms with Crippen molar-refractivity contribution in [2.24, 2.45) is 0 Å². The van der Waals surface area contributed by atoms with E-state index in [2.05, 4.69) is 16.8 Å². The Morgan fingerprint density at radius 1 is 1.36 bits per heavy atom. The Bertz CT molecular complexity index is 884. The third-order valence-corrected chi connectivity index (χ3v) is 6.13. The van der Waals surface area contributed by atoms with Gasteiger partial charge in [0.2, 0.25) is 12.7 Å². The highest BCUT2D eigenvalue weighted by atomic mass is 32.1. The summed E-state index contributed by atoms with van der Waals surface area (Å²) in [5.74, 6) is 0.860. The van der Waals surface area contributed by atoms with Crippen LogP contribution in [0.5, 0.6) is 11.5 Å². The van der Waals surface area contributed by atoms with E-state index in [-0.39, 0.29) is 18.7 Å². The molecule has 2 aliphatic heterocycles. The zero-order valence-electron chi connectivity index (χ0n) is 14.3. The number of rotatable bonds is 2. The topological polar surface area (TPSA) is 74.7 Å². The fourth-order valence-corrected chi connectivity index (χ4v) is 4.48. The van der Waals surface area contributed by atoms with Gasteiger partial charge in [0.15, 0.2) is 17.5 Å². The number of benzene rings is 1. The van der Waals surface area contributed by atoms with Gasteiger partial charge in [0.05, 0.1) is 11.5 Å². The van der Waals surface area contributed by atoms with Crippen LogP contribution in [-0.4, -0.2) is 38.5 Å². The Kier molecular flexibility index (Phi) is 3.54. The first-order chi connectivity index (χ1) is 11.9. The van der Waals surface area contributed by atoms with Crippen molar-refractivity contribution in [3.05, 3.63) is 40.1 Å². The molecule has 0 saturated carbocycles. The SMILES string of the molecule is Bc1csc([C@@]2(C)NC(=N)N(C)C(=O)[C@@H]2c2ccc3c(c2)OCO3)c1. The Morgan fingerprint density at radius 3 is 2.84 bits per heavy atom. The molecule has 25 heavy (non-hydrogen) atoms. The number of nitrogens with zero attached hydrogens (tertiary/aromatic N) is 1. The van der Waals surface area contributed by atoms with Gasteiger partial charge < -0.3 is 14.8 Å². The zero-order chi connectivity index (χ0) is 17.8. The van der Waals surface area contributed by atoms with Crippen LogP contribution in [0.4, 0.5) is 0 Å². The van der Waals surface area contributed by atoms with Gasteiger partial charge in [-0.25, -0.2) is 0 Å². The lowest BCUT2D eigenvalue weighted by atomic mass is 9.76. The number of carbonyl (C=O) groups excluding carboxylic acids is 1. The van der Waals surface area contributed by atoms with Gasteiger partial charge >= 0.3 is 0 Å². The lowest BCUT2D eigenvalue weighted by Gasteiger charge is -2.45. The molecule has 0 radical (unpaired) electrons. The molecule has 0 spiro atoms. The molecule has 8 heteroatoms. The lowest BCUT2D eigenvalue weighted by molar-refractivity contribution is -0.131. The number of guanidine groups is 1. The first kappa shape index (κ1) is 16.0. The minimum absolute atomic E-state index is 0.107. The summed E-state index contributed by atoms with van der Waals surface area (Å²) < 4.78 is 10.9. The van der Waals surface area contributed by atoms with Gasteiger partial charge in [-0.1, -0.05) is 17.6 Å². The molecule has 2 aliphatic rings. The van der Waals surface area contributed by atoms with E-state index in [0.29, 0.717) is 11.5 Å². The maximum atomic E-state index is 13.1. The molecular formula is C17H18BN3O3S. The van der Waals surface area contributed by atoms with E-state index in [1.807, 2.05) is 33.0 Å². The molecule has 6 nitrogen and oxygen atoms in total. The first-order valence-corrected chi connectivity index (χ1v) is 8.87. The highest BCUT2D eigenvalue weighted by Gasteiger charge is 2.49. The zero-order valence-corrected chi connectivity index (χ0v) is 15.1. The molecule has 1 aromatic carbocycles. The Hall–Kier alpha value is -2.48. The number of fused-ring (bicyclic) bond motifs is 1.